The molecule has 84 valence electrons. The van der Waals surface area contributed by atoms with Crippen LogP contribution in [0.5, 0.6) is 0 Å². The zero-order chi connectivity index (χ0) is 12.1. The normalized spacial score (nSPS) is 9.88. The van der Waals surface area contributed by atoms with Crippen molar-refractivity contribution in [2.24, 2.45) is 0 Å². The van der Waals surface area contributed by atoms with Gasteiger partial charge in [-0.15, -0.1) is 11.8 Å². The van der Waals surface area contributed by atoms with Gasteiger partial charge < -0.3 is 0 Å². The predicted octanol–water partition coefficient (Wildman–Crippen LogP) is 3.90. The Balaban J connectivity index is 2.02. The standard InChI is InChI=1S/C13H9ClN2S/c14-12-4-5-13(16-8-12)17-9-11-3-1-2-10(6-11)7-15/h1-6,8H,9H2. The summed E-state index contributed by atoms with van der Waals surface area (Å²) in [6.07, 6.45) is 1.63. The van der Waals surface area contributed by atoms with Gasteiger partial charge in [-0.05, 0) is 29.8 Å². The van der Waals surface area contributed by atoms with Crippen LogP contribution in [0.1, 0.15) is 11.1 Å². The largest absolute Gasteiger partial charge is 0.248 e. The zero-order valence-corrected chi connectivity index (χ0v) is 10.5. The Morgan fingerprint density at radius 1 is 1.29 bits per heavy atom. The molecule has 1 aromatic carbocycles. The second-order valence-electron chi connectivity index (χ2n) is 3.42. The van der Waals surface area contributed by atoms with E-state index in [1.54, 1.807) is 24.0 Å². The number of pyridine rings is 1. The smallest absolute Gasteiger partial charge is 0.0991 e. The molecule has 0 aliphatic rings. The summed E-state index contributed by atoms with van der Waals surface area (Å²) in [7, 11) is 0. The first-order valence-electron chi connectivity index (χ1n) is 5.01. The zero-order valence-electron chi connectivity index (χ0n) is 8.93. The fraction of sp³-hybridized carbons (Fsp3) is 0.0769. The van der Waals surface area contributed by atoms with E-state index in [-0.39, 0.29) is 0 Å². The van der Waals surface area contributed by atoms with Gasteiger partial charge in [-0.3, -0.25) is 0 Å². The molecule has 0 amide bonds. The maximum Gasteiger partial charge on any atom is 0.0991 e. The minimum Gasteiger partial charge on any atom is -0.248 e. The SMILES string of the molecule is N#Cc1cccc(CSc2ccc(Cl)cn2)c1. The fourth-order valence-corrected chi connectivity index (χ4v) is 2.23. The second-order valence-corrected chi connectivity index (χ2v) is 4.85. The Morgan fingerprint density at radius 3 is 2.88 bits per heavy atom. The van der Waals surface area contributed by atoms with Crippen LogP contribution in [0.25, 0.3) is 0 Å². The van der Waals surface area contributed by atoms with Crippen molar-refractivity contribution in [3.8, 4) is 6.07 Å². The van der Waals surface area contributed by atoms with Crippen molar-refractivity contribution < 1.29 is 0 Å². The molecular formula is C13H9ClN2S. The lowest BCUT2D eigenvalue weighted by molar-refractivity contribution is 1.13. The molecule has 0 aliphatic heterocycles. The summed E-state index contributed by atoms with van der Waals surface area (Å²) in [5.74, 6) is 0.796. The predicted molar refractivity (Wildman–Crippen MR) is 70.0 cm³/mol. The van der Waals surface area contributed by atoms with Crippen molar-refractivity contribution in [3.63, 3.8) is 0 Å². The van der Waals surface area contributed by atoms with Crippen molar-refractivity contribution in [1.82, 2.24) is 4.98 Å². The summed E-state index contributed by atoms with van der Waals surface area (Å²) in [4.78, 5) is 4.20. The number of hydrogen-bond acceptors (Lipinski definition) is 3. The molecule has 2 aromatic rings. The maximum atomic E-state index is 8.79. The van der Waals surface area contributed by atoms with E-state index in [1.165, 1.54) is 0 Å². The number of halogens is 1. The Hall–Kier alpha value is -1.50. The molecule has 0 saturated carbocycles. The summed E-state index contributed by atoms with van der Waals surface area (Å²) in [5.41, 5.74) is 1.80. The van der Waals surface area contributed by atoms with E-state index in [4.69, 9.17) is 16.9 Å². The molecule has 0 fully saturated rings. The van der Waals surface area contributed by atoms with Gasteiger partial charge in [-0.1, -0.05) is 23.7 Å². The van der Waals surface area contributed by atoms with Crippen LogP contribution in [0.3, 0.4) is 0 Å². The number of rotatable bonds is 3. The lowest BCUT2D eigenvalue weighted by atomic mass is 10.2. The third-order valence-corrected chi connectivity index (χ3v) is 3.38. The highest BCUT2D eigenvalue weighted by Crippen LogP contribution is 2.22. The van der Waals surface area contributed by atoms with E-state index in [0.29, 0.717) is 10.6 Å². The third kappa shape index (κ3) is 3.48. The molecule has 2 nitrogen and oxygen atoms in total. The van der Waals surface area contributed by atoms with E-state index in [1.807, 2.05) is 30.3 Å². The van der Waals surface area contributed by atoms with Gasteiger partial charge in [0.05, 0.1) is 21.7 Å². The van der Waals surface area contributed by atoms with Gasteiger partial charge >= 0.3 is 0 Å². The first-order chi connectivity index (χ1) is 8.28. The van der Waals surface area contributed by atoms with E-state index in [0.717, 1.165) is 16.3 Å². The Kier molecular flexibility index (Phi) is 4.03. The van der Waals surface area contributed by atoms with Gasteiger partial charge in [0.2, 0.25) is 0 Å². The molecule has 0 spiro atoms. The molecule has 0 aliphatic carbocycles. The summed E-state index contributed by atoms with van der Waals surface area (Å²) in [5, 5.41) is 10.4. The molecule has 0 N–H and O–H groups in total. The van der Waals surface area contributed by atoms with Crippen molar-refractivity contribution in [2.45, 2.75) is 10.8 Å². The number of aromatic nitrogens is 1. The lowest BCUT2D eigenvalue weighted by Gasteiger charge is -2.01. The minimum atomic E-state index is 0.640. The summed E-state index contributed by atoms with van der Waals surface area (Å²) in [6.45, 7) is 0. The maximum absolute atomic E-state index is 8.79. The average Bonchev–Trinajstić information content (AvgIpc) is 2.38. The highest BCUT2D eigenvalue weighted by molar-refractivity contribution is 7.98. The first kappa shape index (κ1) is 12.0. The van der Waals surface area contributed by atoms with Crippen LogP contribution in [0.2, 0.25) is 5.02 Å². The van der Waals surface area contributed by atoms with Crippen molar-refractivity contribution in [1.29, 1.82) is 5.26 Å². The topological polar surface area (TPSA) is 36.7 Å². The lowest BCUT2D eigenvalue weighted by Crippen LogP contribution is -1.84. The number of thioether (sulfide) groups is 1. The van der Waals surface area contributed by atoms with Crippen LogP contribution >= 0.6 is 23.4 Å². The highest BCUT2D eigenvalue weighted by atomic mass is 35.5. The monoisotopic (exact) mass is 260 g/mol. The van der Waals surface area contributed by atoms with Crippen LogP contribution in [0, 0.1) is 11.3 Å². The van der Waals surface area contributed by atoms with Gasteiger partial charge in [0.15, 0.2) is 0 Å². The van der Waals surface area contributed by atoms with Crippen LogP contribution in [-0.2, 0) is 5.75 Å². The second kappa shape index (κ2) is 5.72. The van der Waals surface area contributed by atoms with Crippen LogP contribution < -0.4 is 0 Å². The van der Waals surface area contributed by atoms with E-state index in [9.17, 15) is 0 Å². The Bertz CT molecular complexity index is 546. The molecule has 0 radical (unpaired) electrons. The van der Waals surface area contributed by atoms with Gasteiger partial charge in [0.25, 0.3) is 0 Å². The summed E-state index contributed by atoms with van der Waals surface area (Å²) < 4.78 is 0. The van der Waals surface area contributed by atoms with Crippen LogP contribution in [-0.4, -0.2) is 4.98 Å². The van der Waals surface area contributed by atoms with Crippen LogP contribution in [0.4, 0.5) is 0 Å². The molecule has 0 atom stereocenters. The molecule has 17 heavy (non-hydrogen) atoms. The molecule has 4 heteroatoms. The summed E-state index contributed by atoms with van der Waals surface area (Å²) >= 11 is 7.38. The quantitative estimate of drug-likeness (QED) is 0.786. The molecule has 1 heterocycles. The third-order valence-electron chi connectivity index (χ3n) is 2.14. The van der Waals surface area contributed by atoms with Crippen molar-refractivity contribution >= 4 is 23.4 Å². The van der Waals surface area contributed by atoms with E-state index in [2.05, 4.69) is 11.1 Å². The minimum absolute atomic E-state index is 0.640. The molecule has 1 aromatic heterocycles. The highest BCUT2D eigenvalue weighted by Gasteiger charge is 1.99. The van der Waals surface area contributed by atoms with Gasteiger partial charge in [0.1, 0.15) is 0 Å². The molecule has 0 unspecified atom stereocenters. The average molecular weight is 261 g/mol. The molecule has 0 bridgehead atoms. The molecule has 2 rings (SSSR count). The van der Waals surface area contributed by atoms with E-state index < -0.39 is 0 Å². The van der Waals surface area contributed by atoms with Crippen molar-refractivity contribution in [2.75, 3.05) is 0 Å². The van der Waals surface area contributed by atoms with Crippen LogP contribution in [0.15, 0.2) is 47.6 Å². The number of nitrogens with zero attached hydrogens (tertiary/aromatic N) is 2. The van der Waals surface area contributed by atoms with Gasteiger partial charge in [-0.2, -0.15) is 5.26 Å². The number of nitriles is 1. The number of benzene rings is 1. The summed E-state index contributed by atoms with van der Waals surface area (Å²) in [6, 6.07) is 13.4. The van der Waals surface area contributed by atoms with Gasteiger partial charge in [-0.25, -0.2) is 4.98 Å². The Morgan fingerprint density at radius 2 is 2.18 bits per heavy atom. The Labute approximate surface area is 109 Å². The first-order valence-corrected chi connectivity index (χ1v) is 6.38. The molecule has 0 saturated heterocycles. The molecular weight excluding hydrogens is 252 g/mol. The fourth-order valence-electron chi connectivity index (χ4n) is 1.34. The van der Waals surface area contributed by atoms with Gasteiger partial charge in [0, 0.05) is 11.9 Å². The van der Waals surface area contributed by atoms with Crippen molar-refractivity contribution in [3.05, 3.63) is 58.7 Å². The number of hydrogen-bond donors (Lipinski definition) is 0. The van der Waals surface area contributed by atoms with E-state index >= 15 is 0 Å².